The summed E-state index contributed by atoms with van der Waals surface area (Å²) < 4.78 is 0. The Balaban J connectivity index is 0.00000181. The predicted molar refractivity (Wildman–Crippen MR) is 176 cm³/mol. The second kappa shape index (κ2) is 13.5. The van der Waals surface area contributed by atoms with Crippen molar-refractivity contribution in [3.05, 3.63) is 53.0 Å². The number of hydrogen-bond donors (Lipinski definition) is 1. The molecular weight excluding hydrogens is 571 g/mol. The minimum atomic E-state index is -2.10. The SMILES string of the molecule is CCC[Si](C)(c1cc(C(C)(C)C)cc(C(C)(C)C)c1O)C1C(C)C(C)C2C(C)=C(C)C(C)=C(C)C21.[CH3-].[Cl][Ti][Cl]. The Bertz CT molecular complexity index is 1080. The van der Waals surface area contributed by atoms with Crippen molar-refractivity contribution in [1.82, 2.24) is 0 Å². The summed E-state index contributed by atoms with van der Waals surface area (Å²) in [5.41, 5.74) is 9.38. The number of benzene rings is 1. The van der Waals surface area contributed by atoms with Crippen LogP contribution in [-0.2, 0) is 27.9 Å². The van der Waals surface area contributed by atoms with Crippen LogP contribution in [0.25, 0.3) is 0 Å². The van der Waals surface area contributed by atoms with Gasteiger partial charge in [-0.1, -0.05) is 105 Å². The summed E-state index contributed by atoms with van der Waals surface area (Å²) in [6, 6.07) is 5.98. The molecule has 6 atom stereocenters. The van der Waals surface area contributed by atoms with Gasteiger partial charge in [-0.2, -0.15) is 0 Å². The minimum absolute atomic E-state index is 0. The molecule has 0 saturated heterocycles. The quantitative estimate of drug-likeness (QED) is 0.260. The van der Waals surface area contributed by atoms with Gasteiger partial charge in [-0.25, -0.2) is 0 Å². The molecule has 1 aromatic rings. The molecule has 1 N–H and O–H groups in total. The molecule has 0 aliphatic heterocycles. The number of hydrogen-bond acceptors (Lipinski definition) is 1. The van der Waals surface area contributed by atoms with Gasteiger partial charge in [-0.05, 0) is 95.2 Å². The summed E-state index contributed by atoms with van der Waals surface area (Å²) in [5, 5.41) is 13.3. The number of rotatable bonds is 4. The van der Waals surface area contributed by atoms with Gasteiger partial charge in [-0.15, -0.1) is 0 Å². The van der Waals surface area contributed by atoms with Crippen LogP contribution in [0.1, 0.15) is 108 Å². The first kappa shape index (κ1) is 37.0. The Morgan fingerprint density at radius 2 is 1.31 bits per heavy atom. The third-order valence-corrected chi connectivity index (χ3v) is 15.9. The van der Waals surface area contributed by atoms with Crippen molar-refractivity contribution in [2.45, 2.75) is 125 Å². The molecule has 1 fully saturated rings. The van der Waals surface area contributed by atoms with Crippen molar-refractivity contribution in [2.24, 2.45) is 23.7 Å². The Labute approximate surface area is 260 Å². The molecule has 2 aliphatic rings. The van der Waals surface area contributed by atoms with Gasteiger partial charge < -0.3 is 12.5 Å². The number of phenolic OH excluding ortho intramolecular Hbond substituents is 1. The van der Waals surface area contributed by atoms with E-state index in [1.54, 1.807) is 11.1 Å². The molecule has 0 heterocycles. The number of halogens is 2. The van der Waals surface area contributed by atoms with Gasteiger partial charge in [0.25, 0.3) is 0 Å². The van der Waals surface area contributed by atoms with Gasteiger partial charge in [0.2, 0.25) is 0 Å². The average molecular weight is 629 g/mol. The van der Waals surface area contributed by atoms with Crippen LogP contribution in [0, 0.1) is 31.1 Å². The molecule has 222 valence electrons. The molecule has 0 bridgehead atoms. The molecule has 1 aromatic carbocycles. The second-order valence-corrected chi connectivity index (χ2v) is 21.7. The van der Waals surface area contributed by atoms with Crippen LogP contribution >= 0.6 is 18.6 Å². The summed E-state index contributed by atoms with van der Waals surface area (Å²) in [6.07, 6.45) is 1.18. The van der Waals surface area contributed by atoms with Crippen LogP contribution in [0.15, 0.2) is 34.4 Å². The van der Waals surface area contributed by atoms with Gasteiger partial charge in [0.15, 0.2) is 0 Å². The Hall–Kier alpha value is 0.0112. The van der Waals surface area contributed by atoms with Crippen LogP contribution in [0.2, 0.25) is 18.1 Å². The van der Waals surface area contributed by atoms with E-state index in [-0.39, 0.29) is 18.3 Å². The molecule has 1 nitrogen and oxygen atoms in total. The zero-order valence-electron chi connectivity index (χ0n) is 27.7. The first-order valence-electron chi connectivity index (χ1n) is 14.5. The predicted octanol–water partition coefficient (Wildman–Crippen LogP) is 11.1. The molecule has 1 saturated carbocycles. The van der Waals surface area contributed by atoms with Crippen molar-refractivity contribution < 1.29 is 22.1 Å². The van der Waals surface area contributed by atoms with E-state index < -0.39 is 25.1 Å². The summed E-state index contributed by atoms with van der Waals surface area (Å²) in [5.74, 6) is 3.16. The maximum atomic E-state index is 12.0. The molecule has 2 aliphatic carbocycles. The zero-order chi connectivity index (χ0) is 29.5. The van der Waals surface area contributed by atoms with Crippen LogP contribution in [0.5, 0.6) is 5.75 Å². The van der Waals surface area contributed by atoms with Crippen LogP contribution in [0.4, 0.5) is 0 Å². The maximum absolute atomic E-state index is 12.0. The van der Waals surface area contributed by atoms with E-state index >= 15 is 0 Å². The second-order valence-electron chi connectivity index (χ2n) is 14.6. The van der Waals surface area contributed by atoms with Gasteiger partial charge in [0.1, 0.15) is 5.75 Å². The Morgan fingerprint density at radius 1 is 0.846 bits per heavy atom. The average Bonchev–Trinajstić information content (AvgIpc) is 3.06. The molecule has 0 spiro atoms. The molecule has 39 heavy (non-hydrogen) atoms. The summed E-state index contributed by atoms with van der Waals surface area (Å²) in [4.78, 5) is 0. The van der Waals surface area contributed by atoms with Crippen LogP contribution < -0.4 is 5.19 Å². The van der Waals surface area contributed by atoms with Crippen molar-refractivity contribution in [3.63, 3.8) is 0 Å². The third kappa shape index (κ3) is 6.98. The van der Waals surface area contributed by atoms with E-state index in [0.717, 1.165) is 5.56 Å². The van der Waals surface area contributed by atoms with E-state index in [1.807, 2.05) is 0 Å². The van der Waals surface area contributed by atoms with Crippen LogP contribution in [0.3, 0.4) is 0 Å². The molecule has 5 heteroatoms. The molecule has 0 radical (unpaired) electrons. The molecule has 6 unspecified atom stereocenters. The normalized spacial score (nSPS) is 26.8. The fourth-order valence-electron chi connectivity index (χ4n) is 7.88. The molecule has 0 aromatic heterocycles. The number of fused-ring (bicyclic) bond motifs is 1. The van der Waals surface area contributed by atoms with E-state index in [4.69, 9.17) is 18.6 Å². The fraction of sp³-hybridized carbons (Fsp3) is 0.676. The summed E-state index contributed by atoms with van der Waals surface area (Å²) >= 11 is -0.556. The van der Waals surface area contributed by atoms with Gasteiger partial charge in [-0.3, -0.25) is 0 Å². The van der Waals surface area contributed by atoms with Crippen molar-refractivity contribution in [1.29, 1.82) is 0 Å². The van der Waals surface area contributed by atoms with E-state index in [1.165, 1.54) is 34.4 Å². The first-order valence-corrected chi connectivity index (χ1v) is 21.6. The summed E-state index contributed by atoms with van der Waals surface area (Å²) in [7, 11) is 7.68. The van der Waals surface area contributed by atoms with Gasteiger partial charge in [0.05, 0.1) is 8.07 Å². The fourth-order valence-corrected chi connectivity index (χ4v) is 13.8. The van der Waals surface area contributed by atoms with Crippen molar-refractivity contribution in [3.8, 4) is 5.75 Å². The van der Waals surface area contributed by atoms with Crippen molar-refractivity contribution in [2.75, 3.05) is 0 Å². The standard InChI is InChI=1S/C33H54OSi.CH3.2ClH.Ti/c1-15-16-35(14,27-18-25(32(8,9)10)17-26(30(27)34)33(11,12)13)31-24(7)23(6)28-21(4)19(2)20(3)22(5)29(28)31;;;;/h17-18,23-24,28-29,31,34H,15-16H2,1-14H3;1H3;2*1H;/q;-1;;;+2/p-2. The number of phenols is 1. The monoisotopic (exact) mass is 627 g/mol. The Morgan fingerprint density at radius 3 is 1.72 bits per heavy atom. The zero-order valence-corrected chi connectivity index (χ0v) is 31.7. The Kier molecular flexibility index (Phi) is 12.9. The van der Waals surface area contributed by atoms with E-state index in [2.05, 4.69) is 109 Å². The number of allylic oxidation sites excluding steroid dienone is 4. The number of aromatic hydroxyl groups is 1. The topological polar surface area (TPSA) is 20.2 Å². The van der Waals surface area contributed by atoms with Crippen LogP contribution in [-0.4, -0.2) is 13.2 Å². The van der Waals surface area contributed by atoms with E-state index in [0.29, 0.717) is 35.0 Å². The molecular formula is C34H57Cl2OSiTi-. The first-order chi connectivity index (χ1) is 17.3. The van der Waals surface area contributed by atoms with Crippen molar-refractivity contribution >= 4 is 31.9 Å². The summed E-state index contributed by atoms with van der Waals surface area (Å²) in [6.45, 7) is 33.3. The van der Waals surface area contributed by atoms with Gasteiger partial charge >= 0.3 is 35.6 Å². The molecule has 0 amide bonds. The third-order valence-electron chi connectivity index (χ3n) is 10.4. The molecule has 3 rings (SSSR count). The van der Waals surface area contributed by atoms with Gasteiger partial charge in [0, 0.05) is 0 Å². The van der Waals surface area contributed by atoms with E-state index in [9.17, 15) is 5.11 Å².